The molecule has 0 unspecified atom stereocenters. The molecule has 0 spiro atoms. The summed E-state index contributed by atoms with van der Waals surface area (Å²) in [4.78, 5) is 13.1. The van der Waals surface area contributed by atoms with Gasteiger partial charge in [0.15, 0.2) is 0 Å². The van der Waals surface area contributed by atoms with Gasteiger partial charge in [-0.3, -0.25) is 0 Å². The summed E-state index contributed by atoms with van der Waals surface area (Å²) in [6.45, 7) is 5.69. The van der Waals surface area contributed by atoms with Crippen molar-refractivity contribution >= 4 is 11.7 Å². The van der Waals surface area contributed by atoms with Crippen LogP contribution in [-0.2, 0) is 4.74 Å². The van der Waals surface area contributed by atoms with Gasteiger partial charge < -0.3 is 14.7 Å². The van der Waals surface area contributed by atoms with Gasteiger partial charge in [0.25, 0.3) is 0 Å². The molecule has 0 radical (unpaired) electrons. The lowest BCUT2D eigenvalue weighted by Crippen LogP contribution is -2.32. The molecule has 0 bridgehead atoms. The van der Waals surface area contributed by atoms with E-state index in [0.29, 0.717) is 31.3 Å². The first-order valence-electron chi connectivity index (χ1n) is 6.23. The number of nitrogens with zero attached hydrogens (tertiary/aromatic N) is 1. The molecule has 0 saturated carbocycles. The molecular weight excluding hydrogens is 249 g/mol. The molecular formula is C14H20FNO3. The molecule has 1 N–H and O–H groups in total. The first kappa shape index (κ1) is 15.4. The molecule has 0 atom stereocenters. The van der Waals surface area contributed by atoms with E-state index >= 15 is 0 Å². The lowest BCUT2D eigenvalue weighted by atomic mass is 10.1. The highest BCUT2D eigenvalue weighted by Gasteiger charge is 2.20. The zero-order valence-corrected chi connectivity index (χ0v) is 11.5. The van der Waals surface area contributed by atoms with Crippen molar-refractivity contribution in [1.82, 2.24) is 0 Å². The summed E-state index contributed by atoms with van der Waals surface area (Å²) < 4.78 is 18.7. The molecule has 0 aromatic heterocycles. The third-order valence-electron chi connectivity index (χ3n) is 2.70. The molecule has 1 aromatic carbocycles. The average Bonchev–Trinajstić information content (AvgIpc) is 2.33. The third-order valence-corrected chi connectivity index (χ3v) is 2.70. The average molecular weight is 269 g/mol. The highest BCUT2D eigenvalue weighted by Crippen LogP contribution is 2.24. The smallest absolute Gasteiger partial charge is 0.340 e. The number of anilines is 1. The van der Waals surface area contributed by atoms with Gasteiger partial charge in [-0.1, -0.05) is 19.9 Å². The van der Waals surface area contributed by atoms with Crippen LogP contribution in [0.2, 0.25) is 0 Å². The first-order chi connectivity index (χ1) is 8.97. The highest BCUT2D eigenvalue weighted by molar-refractivity contribution is 5.94. The zero-order chi connectivity index (χ0) is 14.4. The van der Waals surface area contributed by atoms with Crippen molar-refractivity contribution in [2.45, 2.75) is 13.8 Å². The molecule has 5 heteroatoms. The van der Waals surface area contributed by atoms with Crippen LogP contribution in [0.5, 0.6) is 0 Å². The molecule has 0 fully saturated rings. The fraction of sp³-hybridized carbons (Fsp3) is 0.500. The van der Waals surface area contributed by atoms with E-state index in [1.165, 1.54) is 6.07 Å². The van der Waals surface area contributed by atoms with E-state index < -0.39 is 11.8 Å². The summed E-state index contributed by atoms with van der Waals surface area (Å²) in [5, 5.41) is 9.16. The SMILES string of the molecule is COCCN(CC(C)C)c1cccc(F)c1C(=O)O. The molecule has 1 rings (SSSR count). The maximum atomic E-state index is 13.7. The Morgan fingerprint density at radius 2 is 2.16 bits per heavy atom. The number of aromatic carboxylic acids is 1. The zero-order valence-electron chi connectivity index (χ0n) is 11.5. The largest absolute Gasteiger partial charge is 0.478 e. The Bertz CT molecular complexity index is 435. The number of ether oxygens (including phenoxy) is 1. The molecule has 4 nitrogen and oxygen atoms in total. The molecule has 1 aromatic rings. The Morgan fingerprint density at radius 1 is 1.47 bits per heavy atom. The Labute approximate surface area is 112 Å². The number of carboxylic acids is 1. The second-order valence-electron chi connectivity index (χ2n) is 4.77. The molecule has 0 heterocycles. The first-order valence-corrected chi connectivity index (χ1v) is 6.23. The van der Waals surface area contributed by atoms with Gasteiger partial charge in [-0.15, -0.1) is 0 Å². The Kier molecular flexibility index (Phi) is 5.76. The van der Waals surface area contributed by atoms with E-state index in [0.717, 1.165) is 6.07 Å². The van der Waals surface area contributed by atoms with Gasteiger partial charge in [0, 0.05) is 20.2 Å². The van der Waals surface area contributed by atoms with E-state index in [1.807, 2.05) is 18.7 Å². The second-order valence-corrected chi connectivity index (χ2v) is 4.77. The predicted octanol–water partition coefficient (Wildman–Crippen LogP) is 2.63. The summed E-state index contributed by atoms with van der Waals surface area (Å²) in [7, 11) is 1.58. The predicted molar refractivity (Wildman–Crippen MR) is 72.3 cm³/mol. The van der Waals surface area contributed by atoms with Crippen molar-refractivity contribution in [3.05, 3.63) is 29.6 Å². The summed E-state index contributed by atoms with van der Waals surface area (Å²) in [6, 6.07) is 4.32. The number of rotatable bonds is 7. The van der Waals surface area contributed by atoms with Crippen molar-refractivity contribution in [3.63, 3.8) is 0 Å². The molecule has 0 aliphatic rings. The van der Waals surface area contributed by atoms with Crippen molar-refractivity contribution in [1.29, 1.82) is 0 Å². The normalized spacial score (nSPS) is 10.8. The summed E-state index contributed by atoms with van der Waals surface area (Å²) in [6.07, 6.45) is 0. The molecule has 0 aliphatic heterocycles. The quantitative estimate of drug-likeness (QED) is 0.826. The maximum Gasteiger partial charge on any atom is 0.340 e. The summed E-state index contributed by atoms with van der Waals surface area (Å²) >= 11 is 0. The minimum atomic E-state index is -1.25. The number of methoxy groups -OCH3 is 1. The Balaban J connectivity index is 3.13. The minimum Gasteiger partial charge on any atom is -0.478 e. The van der Waals surface area contributed by atoms with Gasteiger partial charge in [0.05, 0.1) is 12.3 Å². The van der Waals surface area contributed by atoms with E-state index in [2.05, 4.69) is 0 Å². The molecule has 19 heavy (non-hydrogen) atoms. The van der Waals surface area contributed by atoms with Crippen LogP contribution >= 0.6 is 0 Å². The Hall–Kier alpha value is -1.62. The summed E-state index contributed by atoms with van der Waals surface area (Å²) in [5.41, 5.74) is 0.123. The fourth-order valence-electron chi connectivity index (χ4n) is 1.94. The lowest BCUT2D eigenvalue weighted by Gasteiger charge is -2.27. The van der Waals surface area contributed by atoms with Crippen molar-refractivity contribution < 1.29 is 19.0 Å². The van der Waals surface area contributed by atoms with Crippen molar-refractivity contribution in [2.75, 3.05) is 31.7 Å². The fourth-order valence-corrected chi connectivity index (χ4v) is 1.94. The van der Waals surface area contributed by atoms with E-state index in [-0.39, 0.29) is 5.56 Å². The van der Waals surface area contributed by atoms with Crippen LogP contribution in [0, 0.1) is 11.7 Å². The number of halogens is 1. The van der Waals surface area contributed by atoms with Gasteiger partial charge >= 0.3 is 5.97 Å². The van der Waals surface area contributed by atoms with Crippen molar-refractivity contribution in [2.24, 2.45) is 5.92 Å². The summed E-state index contributed by atoms with van der Waals surface area (Å²) in [5.74, 6) is -1.63. The van der Waals surface area contributed by atoms with Crippen LogP contribution in [0.3, 0.4) is 0 Å². The minimum absolute atomic E-state index is 0.278. The van der Waals surface area contributed by atoms with Crippen LogP contribution < -0.4 is 4.90 Å². The van der Waals surface area contributed by atoms with Gasteiger partial charge in [-0.25, -0.2) is 9.18 Å². The molecule has 0 amide bonds. The van der Waals surface area contributed by atoms with E-state index in [9.17, 15) is 9.18 Å². The standard InChI is InChI=1S/C14H20FNO3/c1-10(2)9-16(7-8-19-3)12-6-4-5-11(15)13(12)14(17)18/h4-6,10H,7-9H2,1-3H3,(H,17,18). The van der Waals surface area contributed by atoms with E-state index in [4.69, 9.17) is 9.84 Å². The highest BCUT2D eigenvalue weighted by atomic mass is 19.1. The lowest BCUT2D eigenvalue weighted by molar-refractivity contribution is 0.0692. The number of hydrogen-bond acceptors (Lipinski definition) is 3. The van der Waals surface area contributed by atoms with E-state index in [1.54, 1.807) is 13.2 Å². The third kappa shape index (κ3) is 4.21. The van der Waals surface area contributed by atoms with Crippen LogP contribution in [0.1, 0.15) is 24.2 Å². The number of carbonyl (C=O) groups is 1. The number of carboxylic acid groups (broad SMARTS) is 1. The van der Waals surface area contributed by atoms with Crippen LogP contribution in [0.4, 0.5) is 10.1 Å². The maximum absolute atomic E-state index is 13.7. The van der Waals surface area contributed by atoms with Gasteiger partial charge in [0.2, 0.25) is 0 Å². The number of benzene rings is 1. The Morgan fingerprint density at radius 3 is 2.68 bits per heavy atom. The van der Waals surface area contributed by atoms with Crippen LogP contribution in [0.15, 0.2) is 18.2 Å². The van der Waals surface area contributed by atoms with Gasteiger partial charge in [0.1, 0.15) is 11.4 Å². The second kappa shape index (κ2) is 7.09. The van der Waals surface area contributed by atoms with Crippen LogP contribution in [-0.4, -0.2) is 37.9 Å². The van der Waals surface area contributed by atoms with Crippen molar-refractivity contribution in [3.8, 4) is 0 Å². The van der Waals surface area contributed by atoms with Gasteiger partial charge in [-0.2, -0.15) is 0 Å². The molecule has 0 aliphatic carbocycles. The topological polar surface area (TPSA) is 49.8 Å². The molecule has 106 valence electrons. The van der Waals surface area contributed by atoms with Gasteiger partial charge in [-0.05, 0) is 18.1 Å². The monoisotopic (exact) mass is 269 g/mol. The number of hydrogen-bond donors (Lipinski definition) is 1. The van der Waals surface area contributed by atoms with Crippen LogP contribution in [0.25, 0.3) is 0 Å². The molecule has 0 saturated heterocycles.